The van der Waals surface area contributed by atoms with Gasteiger partial charge in [-0.2, -0.15) is 0 Å². The summed E-state index contributed by atoms with van der Waals surface area (Å²) in [6, 6.07) is 6.02. The van der Waals surface area contributed by atoms with Gasteiger partial charge in [0.15, 0.2) is 0 Å². The molecule has 2 heterocycles. The van der Waals surface area contributed by atoms with Crippen molar-refractivity contribution in [2.24, 2.45) is 0 Å². The number of hydrogen-bond acceptors (Lipinski definition) is 2. The maximum Gasteiger partial charge on any atom is 0.145 e. The van der Waals surface area contributed by atoms with Gasteiger partial charge in [0.2, 0.25) is 0 Å². The van der Waals surface area contributed by atoms with E-state index in [4.69, 9.17) is 4.74 Å². The zero-order valence-electron chi connectivity index (χ0n) is 8.69. The van der Waals surface area contributed by atoms with Crippen LogP contribution in [-0.2, 0) is 6.54 Å². The number of benzene rings is 1. The highest BCUT2D eigenvalue weighted by molar-refractivity contribution is 14.1. The molecule has 17 heavy (non-hydrogen) atoms. The molecule has 3 rings (SSSR count). The Balaban J connectivity index is 0.00000108. The lowest BCUT2D eigenvalue weighted by Crippen LogP contribution is -2.04. The van der Waals surface area contributed by atoms with Gasteiger partial charge in [0.05, 0.1) is 12.1 Å². The molecule has 0 N–H and O–H groups in total. The lowest BCUT2D eigenvalue weighted by molar-refractivity contribution is 0.306. The van der Waals surface area contributed by atoms with E-state index in [-0.39, 0.29) is 12.4 Å². The third kappa shape index (κ3) is 2.46. The SMILES string of the molecule is Brc1ccc2c(c1)-c1nc(I)cn1CCO2.Cl. The number of nitrogens with zero attached hydrogens (tertiary/aromatic N) is 2. The normalized spacial score (nSPS) is 12.8. The van der Waals surface area contributed by atoms with Gasteiger partial charge in [0, 0.05) is 10.7 Å². The smallest absolute Gasteiger partial charge is 0.145 e. The summed E-state index contributed by atoms with van der Waals surface area (Å²) in [6.07, 6.45) is 2.05. The highest BCUT2D eigenvalue weighted by Gasteiger charge is 2.17. The molecule has 1 aromatic heterocycles. The summed E-state index contributed by atoms with van der Waals surface area (Å²) in [5.74, 6) is 1.89. The molecule has 0 saturated heterocycles. The largest absolute Gasteiger partial charge is 0.491 e. The second-order valence-corrected chi connectivity index (χ2v) is 5.59. The number of fused-ring (bicyclic) bond motifs is 3. The average Bonchev–Trinajstić information content (AvgIpc) is 2.54. The Morgan fingerprint density at radius 1 is 1.41 bits per heavy atom. The molecule has 90 valence electrons. The summed E-state index contributed by atoms with van der Waals surface area (Å²) in [5, 5.41) is 0. The van der Waals surface area contributed by atoms with Gasteiger partial charge in [-0.25, -0.2) is 4.98 Å². The summed E-state index contributed by atoms with van der Waals surface area (Å²) in [6.45, 7) is 1.53. The monoisotopic (exact) mass is 426 g/mol. The van der Waals surface area contributed by atoms with E-state index < -0.39 is 0 Å². The molecule has 0 amide bonds. The third-order valence-electron chi connectivity index (χ3n) is 2.52. The molecule has 1 aromatic carbocycles. The topological polar surface area (TPSA) is 27.1 Å². The van der Waals surface area contributed by atoms with Crippen molar-refractivity contribution < 1.29 is 4.74 Å². The van der Waals surface area contributed by atoms with Crippen LogP contribution < -0.4 is 4.74 Å². The van der Waals surface area contributed by atoms with Crippen LogP contribution in [0, 0.1) is 3.70 Å². The Morgan fingerprint density at radius 3 is 3.06 bits per heavy atom. The van der Waals surface area contributed by atoms with E-state index in [0.717, 1.165) is 31.9 Å². The lowest BCUT2D eigenvalue weighted by Gasteiger charge is -2.05. The van der Waals surface area contributed by atoms with Crippen LogP contribution in [0.25, 0.3) is 11.4 Å². The van der Waals surface area contributed by atoms with Crippen molar-refractivity contribution in [3.63, 3.8) is 0 Å². The average molecular weight is 427 g/mol. The molecular weight excluding hydrogens is 418 g/mol. The van der Waals surface area contributed by atoms with Crippen molar-refractivity contribution in [2.75, 3.05) is 6.61 Å². The Bertz CT molecular complexity index is 558. The molecule has 3 nitrogen and oxygen atoms in total. The van der Waals surface area contributed by atoms with Crippen molar-refractivity contribution >= 4 is 50.9 Å². The van der Waals surface area contributed by atoms with E-state index in [0.29, 0.717) is 6.61 Å². The summed E-state index contributed by atoms with van der Waals surface area (Å²) in [7, 11) is 0. The molecule has 6 heteroatoms. The number of aromatic nitrogens is 2. The molecule has 0 aliphatic carbocycles. The number of halogens is 3. The molecule has 0 radical (unpaired) electrons. The fraction of sp³-hybridized carbons (Fsp3) is 0.182. The third-order valence-corrected chi connectivity index (χ3v) is 3.53. The van der Waals surface area contributed by atoms with Gasteiger partial charge in [-0.1, -0.05) is 15.9 Å². The molecule has 0 unspecified atom stereocenters. The first-order chi connectivity index (χ1) is 7.74. The number of ether oxygens (including phenoxy) is 1. The van der Waals surface area contributed by atoms with Gasteiger partial charge in [-0.15, -0.1) is 12.4 Å². The number of rotatable bonds is 0. The van der Waals surface area contributed by atoms with Crippen LogP contribution in [0.1, 0.15) is 0 Å². The van der Waals surface area contributed by atoms with E-state index in [9.17, 15) is 0 Å². The predicted octanol–water partition coefficient (Wildman–Crippen LogP) is 3.73. The van der Waals surface area contributed by atoms with Crippen molar-refractivity contribution in [3.05, 3.63) is 32.6 Å². The van der Waals surface area contributed by atoms with E-state index in [1.807, 2.05) is 12.1 Å². The summed E-state index contributed by atoms with van der Waals surface area (Å²) in [4.78, 5) is 4.54. The van der Waals surface area contributed by atoms with Crippen LogP contribution in [0.15, 0.2) is 28.9 Å². The molecule has 1 aliphatic rings. The summed E-state index contributed by atoms with van der Waals surface area (Å²) >= 11 is 5.72. The summed E-state index contributed by atoms with van der Waals surface area (Å²) < 4.78 is 9.90. The van der Waals surface area contributed by atoms with Gasteiger partial charge >= 0.3 is 0 Å². The molecule has 2 aromatic rings. The standard InChI is InChI=1S/C11H8BrIN2O.ClH/c12-7-1-2-9-8(5-7)11-14-10(13)6-15(11)3-4-16-9;/h1-2,5-6H,3-4H2;1H. The van der Waals surface area contributed by atoms with Crippen molar-refractivity contribution in [3.8, 4) is 17.1 Å². The first-order valence-electron chi connectivity index (χ1n) is 4.89. The van der Waals surface area contributed by atoms with E-state index in [2.05, 4.69) is 60.3 Å². The minimum absolute atomic E-state index is 0. The Hall–Kier alpha value is -0.270. The highest BCUT2D eigenvalue weighted by Crippen LogP contribution is 2.34. The zero-order chi connectivity index (χ0) is 11.1. The minimum Gasteiger partial charge on any atom is -0.491 e. The molecule has 0 fully saturated rings. The van der Waals surface area contributed by atoms with Gasteiger partial charge in [0.25, 0.3) is 0 Å². The van der Waals surface area contributed by atoms with Gasteiger partial charge in [-0.3, -0.25) is 0 Å². The Kier molecular flexibility index (Phi) is 3.99. The van der Waals surface area contributed by atoms with Gasteiger partial charge < -0.3 is 9.30 Å². The minimum atomic E-state index is 0. The van der Waals surface area contributed by atoms with Crippen LogP contribution in [-0.4, -0.2) is 16.2 Å². The first-order valence-corrected chi connectivity index (χ1v) is 6.76. The zero-order valence-corrected chi connectivity index (χ0v) is 13.3. The first kappa shape index (κ1) is 13.2. The van der Waals surface area contributed by atoms with Crippen LogP contribution in [0.2, 0.25) is 0 Å². The number of hydrogen-bond donors (Lipinski definition) is 0. The molecule has 0 spiro atoms. The van der Waals surface area contributed by atoms with Crippen molar-refractivity contribution in [1.29, 1.82) is 0 Å². The van der Waals surface area contributed by atoms with Crippen LogP contribution in [0.4, 0.5) is 0 Å². The fourth-order valence-electron chi connectivity index (χ4n) is 1.83. The molecule has 0 saturated carbocycles. The molecule has 0 atom stereocenters. The van der Waals surface area contributed by atoms with E-state index in [1.54, 1.807) is 0 Å². The summed E-state index contributed by atoms with van der Waals surface area (Å²) in [5.41, 5.74) is 1.05. The quantitative estimate of drug-likeness (QED) is 0.599. The molecule has 1 aliphatic heterocycles. The second kappa shape index (κ2) is 5.16. The molecule has 0 bridgehead atoms. The van der Waals surface area contributed by atoms with Crippen LogP contribution >= 0.6 is 50.9 Å². The maximum atomic E-state index is 5.70. The maximum absolute atomic E-state index is 5.70. The second-order valence-electron chi connectivity index (χ2n) is 3.57. The lowest BCUT2D eigenvalue weighted by atomic mass is 10.2. The van der Waals surface area contributed by atoms with E-state index >= 15 is 0 Å². The highest BCUT2D eigenvalue weighted by atomic mass is 127. The Labute approximate surface area is 127 Å². The van der Waals surface area contributed by atoms with Crippen molar-refractivity contribution in [1.82, 2.24) is 9.55 Å². The van der Waals surface area contributed by atoms with Crippen molar-refractivity contribution in [2.45, 2.75) is 6.54 Å². The predicted molar refractivity (Wildman–Crippen MR) is 80.8 cm³/mol. The fourth-order valence-corrected chi connectivity index (χ4v) is 2.75. The number of imidazole rings is 1. The van der Waals surface area contributed by atoms with Crippen LogP contribution in [0.3, 0.4) is 0 Å². The Morgan fingerprint density at radius 2 is 2.24 bits per heavy atom. The molecular formula is C11H9BrClIN2O. The van der Waals surface area contributed by atoms with Gasteiger partial charge in [0.1, 0.15) is 21.9 Å². The van der Waals surface area contributed by atoms with Crippen LogP contribution in [0.5, 0.6) is 5.75 Å². The van der Waals surface area contributed by atoms with E-state index in [1.165, 1.54) is 0 Å². The van der Waals surface area contributed by atoms with Gasteiger partial charge in [-0.05, 0) is 40.8 Å².